The fourth-order valence-electron chi connectivity index (χ4n) is 1.92. The minimum atomic E-state index is -1.37. The van der Waals surface area contributed by atoms with Crippen molar-refractivity contribution in [2.24, 2.45) is 5.73 Å². The van der Waals surface area contributed by atoms with E-state index in [-0.39, 0.29) is 19.2 Å². The van der Waals surface area contributed by atoms with E-state index in [1.54, 1.807) is 0 Å². The zero-order valence-corrected chi connectivity index (χ0v) is 11.8. The van der Waals surface area contributed by atoms with Crippen molar-refractivity contribution >= 4 is 17.9 Å². The van der Waals surface area contributed by atoms with Crippen molar-refractivity contribution in [3.8, 4) is 0 Å². The molecule has 8 nitrogen and oxygen atoms in total. The Kier molecular flexibility index (Phi) is 8.30. The van der Waals surface area contributed by atoms with Crippen LogP contribution in [0.5, 0.6) is 0 Å². The van der Waals surface area contributed by atoms with E-state index in [1.165, 1.54) is 4.90 Å². The highest BCUT2D eigenvalue weighted by molar-refractivity contribution is 5.87. The lowest BCUT2D eigenvalue weighted by Gasteiger charge is -2.31. The van der Waals surface area contributed by atoms with Gasteiger partial charge in [0.1, 0.15) is 6.04 Å². The quantitative estimate of drug-likeness (QED) is 0.454. The van der Waals surface area contributed by atoms with Crippen molar-refractivity contribution in [2.75, 3.05) is 13.2 Å². The molecule has 0 bridgehead atoms. The molecular formula is C12H23N3O5. The Labute approximate surface area is 117 Å². The fraction of sp³-hybridized carbons (Fsp3) is 0.750. The van der Waals surface area contributed by atoms with E-state index in [1.807, 2.05) is 13.8 Å². The van der Waals surface area contributed by atoms with Gasteiger partial charge in [0.2, 0.25) is 5.91 Å². The summed E-state index contributed by atoms with van der Waals surface area (Å²) in [4.78, 5) is 35.2. The van der Waals surface area contributed by atoms with Crippen LogP contribution < -0.4 is 11.1 Å². The Morgan fingerprint density at radius 2 is 1.80 bits per heavy atom. The van der Waals surface area contributed by atoms with Crippen LogP contribution in [0.25, 0.3) is 0 Å². The van der Waals surface area contributed by atoms with Gasteiger partial charge in [0.05, 0.1) is 13.0 Å². The predicted molar refractivity (Wildman–Crippen MR) is 71.9 cm³/mol. The molecule has 0 aliphatic rings. The van der Waals surface area contributed by atoms with Crippen molar-refractivity contribution < 1.29 is 24.6 Å². The fourth-order valence-corrected chi connectivity index (χ4v) is 1.92. The Hall–Kier alpha value is -1.83. The summed E-state index contributed by atoms with van der Waals surface area (Å²) in [6.07, 6.45) is 0.881. The average Bonchev–Trinajstić information content (AvgIpc) is 2.37. The lowest BCUT2D eigenvalue weighted by Crippen LogP contribution is -2.52. The average molecular weight is 289 g/mol. The van der Waals surface area contributed by atoms with Crippen molar-refractivity contribution in [2.45, 2.75) is 45.2 Å². The van der Waals surface area contributed by atoms with Crippen LogP contribution in [0.4, 0.5) is 4.79 Å². The molecule has 116 valence electrons. The highest BCUT2D eigenvalue weighted by Crippen LogP contribution is 2.09. The molecule has 0 spiro atoms. The first-order valence-electron chi connectivity index (χ1n) is 6.56. The number of carbonyl (C=O) groups is 3. The Bertz CT molecular complexity index is 344. The molecule has 0 rings (SSSR count). The minimum Gasteiger partial charge on any atom is -0.480 e. The standard InChI is InChI=1S/C12H23N3O5/c1-3-8(4-2)15(5-6-16)12(20)14-9(11(18)19)7-10(13)17/h8-9,16H,3-7H2,1-2H3,(H2,13,17)(H,14,20)(H,18,19)/t9-/m1/s1. The number of nitrogens with two attached hydrogens (primary N) is 1. The molecule has 0 saturated heterocycles. The molecule has 0 unspecified atom stereocenters. The molecule has 8 heteroatoms. The van der Waals surface area contributed by atoms with Crippen LogP contribution in [0.3, 0.4) is 0 Å². The second-order valence-corrected chi connectivity index (χ2v) is 4.40. The summed E-state index contributed by atoms with van der Waals surface area (Å²) in [5.41, 5.74) is 4.95. The van der Waals surface area contributed by atoms with E-state index < -0.39 is 30.4 Å². The number of hydrogen-bond acceptors (Lipinski definition) is 4. The smallest absolute Gasteiger partial charge is 0.326 e. The molecule has 0 fully saturated rings. The normalized spacial score (nSPS) is 12.0. The number of aliphatic carboxylic acids is 1. The van der Waals surface area contributed by atoms with Crippen LogP contribution in [0.15, 0.2) is 0 Å². The largest absolute Gasteiger partial charge is 0.480 e. The molecule has 0 aliphatic heterocycles. The van der Waals surface area contributed by atoms with E-state index in [2.05, 4.69) is 5.32 Å². The Morgan fingerprint density at radius 3 is 2.15 bits per heavy atom. The summed E-state index contributed by atoms with van der Waals surface area (Å²) in [6.45, 7) is 3.66. The number of urea groups is 1. The topological polar surface area (TPSA) is 133 Å². The predicted octanol–water partition coefficient (Wildman–Crippen LogP) is -0.492. The number of amides is 3. The number of aliphatic hydroxyl groups is 1. The summed E-state index contributed by atoms with van der Waals surface area (Å²) in [5.74, 6) is -2.14. The maximum absolute atomic E-state index is 12.1. The third-order valence-corrected chi connectivity index (χ3v) is 2.99. The lowest BCUT2D eigenvalue weighted by molar-refractivity contribution is -0.141. The zero-order valence-electron chi connectivity index (χ0n) is 11.8. The Balaban J connectivity index is 4.87. The molecule has 0 aromatic heterocycles. The number of rotatable bonds is 9. The summed E-state index contributed by atoms with van der Waals surface area (Å²) in [6, 6.07) is -2.10. The van der Waals surface area contributed by atoms with Crippen molar-refractivity contribution in [3.63, 3.8) is 0 Å². The molecule has 0 aromatic rings. The monoisotopic (exact) mass is 289 g/mol. The summed E-state index contributed by atoms with van der Waals surface area (Å²) < 4.78 is 0. The van der Waals surface area contributed by atoms with Crippen LogP contribution in [-0.2, 0) is 9.59 Å². The lowest BCUT2D eigenvalue weighted by atomic mass is 10.1. The number of nitrogens with one attached hydrogen (secondary N) is 1. The second kappa shape index (κ2) is 9.13. The number of primary amides is 1. The number of nitrogens with zero attached hydrogens (tertiary/aromatic N) is 1. The van der Waals surface area contributed by atoms with Gasteiger partial charge < -0.3 is 26.2 Å². The SMILES string of the molecule is CCC(CC)N(CCO)C(=O)N[C@H](CC(N)=O)C(=O)O. The van der Waals surface area contributed by atoms with Crippen LogP contribution in [0, 0.1) is 0 Å². The van der Waals surface area contributed by atoms with Gasteiger partial charge in [0, 0.05) is 12.6 Å². The van der Waals surface area contributed by atoms with E-state index in [0.717, 1.165) is 0 Å². The number of aliphatic hydroxyl groups excluding tert-OH is 1. The van der Waals surface area contributed by atoms with E-state index in [0.29, 0.717) is 12.8 Å². The zero-order chi connectivity index (χ0) is 15.7. The van der Waals surface area contributed by atoms with Crippen molar-refractivity contribution in [1.29, 1.82) is 0 Å². The number of carboxylic acid groups (broad SMARTS) is 1. The third-order valence-electron chi connectivity index (χ3n) is 2.99. The molecule has 3 amide bonds. The summed E-state index contributed by atoms with van der Waals surface area (Å²) >= 11 is 0. The van der Waals surface area contributed by atoms with E-state index in [9.17, 15) is 14.4 Å². The van der Waals surface area contributed by atoms with Crippen LogP contribution in [-0.4, -0.2) is 58.3 Å². The molecule has 1 atom stereocenters. The maximum atomic E-state index is 12.1. The maximum Gasteiger partial charge on any atom is 0.326 e. The van der Waals surface area contributed by atoms with Gasteiger partial charge in [0.25, 0.3) is 0 Å². The minimum absolute atomic E-state index is 0.0983. The molecule has 0 saturated carbocycles. The first kappa shape index (κ1) is 18.2. The molecule has 0 radical (unpaired) electrons. The van der Waals surface area contributed by atoms with Gasteiger partial charge in [-0.05, 0) is 12.8 Å². The van der Waals surface area contributed by atoms with Gasteiger partial charge in [-0.15, -0.1) is 0 Å². The molecule has 20 heavy (non-hydrogen) atoms. The van der Waals surface area contributed by atoms with Crippen molar-refractivity contribution in [1.82, 2.24) is 10.2 Å². The Morgan fingerprint density at radius 1 is 1.25 bits per heavy atom. The number of hydrogen-bond donors (Lipinski definition) is 4. The summed E-state index contributed by atoms with van der Waals surface area (Å²) in [7, 11) is 0. The molecule has 0 aromatic carbocycles. The molecule has 5 N–H and O–H groups in total. The van der Waals surface area contributed by atoms with Crippen LogP contribution in [0.2, 0.25) is 0 Å². The van der Waals surface area contributed by atoms with Gasteiger partial charge in [-0.3, -0.25) is 4.79 Å². The highest BCUT2D eigenvalue weighted by Gasteiger charge is 2.27. The first-order chi connectivity index (χ1) is 9.37. The molecule has 0 aliphatic carbocycles. The molecular weight excluding hydrogens is 266 g/mol. The van der Waals surface area contributed by atoms with Gasteiger partial charge in [-0.2, -0.15) is 0 Å². The molecule has 0 heterocycles. The van der Waals surface area contributed by atoms with E-state index >= 15 is 0 Å². The third kappa shape index (κ3) is 5.87. The van der Waals surface area contributed by atoms with Crippen LogP contribution >= 0.6 is 0 Å². The van der Waals surface area contributed by atoms with Gasteiger partial charge in [0.15, 0.2) is 0 Å². The van der Waals surface area contributed by atoms with E-state index in [4.69, 9.17) is 15.9 Å². The number of carboxylic acids is 1. The first-order valence-corrected chi connectivity index (χ1v) is 6.56. The van der Waals surface area contributed by atoms with Gasteiger partial charge >= 0.3 is 12.0 Å². The summed E-state index contributed by atoms with van der Waals surface area (Å²) in [5, 5.41) is 20.2. The van der Waals surface area contributed by atoms with Gasteiger partial charge in [-0.25, -0.2) is 9.59 Å². The number of carbonyl (C=O) groups excluding carboxylic acids is 2. The van der Waals surface area contributed by atoms with Crippen molar-refractivity contribution in [3.05, 3.63) is 0 Å². The highest BCUT2D eigenvalue weighted by atomic mass is 16.4. The van der Waals surface area contributed by atoms with Crippen LogP contribution in [0.1, 0.15) is 33.1 Å². The van der Waals surface area contributed by atoms with Gasteiger partial charge in [-0.1, -0.05) is 13.8 Å². The second-order valence-electron chi connectivity index (χ2n) is 4.40.